The Morgan fingerprint density at radius 2 is 1.80 bits per heavy atom. The fraction of sp³-hybridized carbons (Fsp3) is 0.562. The summed E-state index contributed by atoms with van der Waals surface area (Å²) >= 11 is 0. The molecule has 2 saturated heterocycles. The molecule has 20 heavy (non-hydrogen) atoms. The fourth-order valence-corrected chi connectivity index (χ4v) is 6.19. The number of carbonyl (C=O) groups excluding carboxylic acids is 1. The molecule has 2 bridgehead atoms. The normalized spacial score (nSPS) is 31.8. The number of benzene rings is 1. The highest BCUT2D eigenvalue weighted by molar-refractivity contribution is 7.92. The molecule has 1 aromatic carbocycles. The van der Waals surface area contributed by atoms with Gasteiger partial charge in [-0.15, -0.1) is 0 Å². The summed E-state index contributed by atoms with van der Waals surface area (Å²) in [6.07, 6.45) is 3.49. The van der Waals surface area contributed by atoms with Crippen LogP contribution in [-0.2, 0) is 9.84 Å². The Kier molecular flexibility index (Phi) is 3.44. The molecule has 108 valence electrons. The largest absolute Gasteiger partial charge is 0.294 e. The monoisotopic (exact) mass is 292 g/mol. The van der Waals surface area contributed by atoms with Gasteiger partial charge in [0, 0.05) is 11.5 Å². The molecule has 0 aromatic heterocycles. The van der Waals surface area contributed by atoms with Gasteiger partial charge in [0.15, 0.2) is 15.6 Å². The zero-order valence-electron chi connectivity index (χ0n) is 11.7. The molecule has 2 aliphatic heterocycles. The maximum absolute atomic E-state index is 12.6. The lowest BCUT2D eigenvalue weighted by Gasteiger charge is -2.38. The Bertz CT molecular complexity index is 613. The number of sulfone groups is 1. The maximum atomic E-state index is 12.6. The molecule has 2 heterocycles. The van der Waals surface area contributed by atoms with Crippen LogP contribution in [-0.4, -0.2) is 24.7 Å². The van der Waals surface area contributed by atoms with E-state index in [1.165, 1.54) is 0 Å². The van der Waals surface area contributed by atoms with Crippen molar-refractivity contribution in [1.29, 1.82) is 0 Å². The number of rotatable bonds is 2. The SMILES string of the molecule is Cc1cccc(C(=O)C2CC3CCCC(C2)S3(=O)=O)c1. The Balaban J connectivity index is 1.85. The van der Waals surface area contributed by atoms with Gasteiger partial charge in [-0.3, -0.25) is 4.79 Å². The summed E-state index contributed by atoms with van der Waals surface area (Å²) in [4.78, 5) is 12.6. The van der Waals surface area contributed by atoms with Gasteiger partial charge >= 0.3 is 0 Å². The number of aryl methyl sites for hydroxylation is 1. The van der Waals surface area contributed by atoms with E-state index in [4.69, 9.17) is 0 Å². The van der Waals surface area contributed by atoms with E-state index in [-0.39, 0.29) is 22.2 Å². The first-order valence-electron chi connectivity index (χ1n) is 7.32. The Morgan fingerprint density at radius 3 is 2.40 bits per heavy atom. The first-order chi connectivity index (χ1) is 9.48. The van der Waals surface area contributed by atoms with Gasteiger partial charge in [0.2, 0.25) is 0 Å². The third-order valence-corrected chi connectivity index (χ3v) is 7.46. The van der Waals surface area contributed by atoms with Gasteiger partial charge in [-0.05, 0) is 38.7 Å². The predicted octanol–water partition coefficient (Wildman–Crippen LogP) is 2.92. The van der Waals surface area contributed by atoms with Crippen molar-refractivity contribution in [3.05, 3.63) is 35.4 Å². The van der Waals surface area contributed by atoms with Crippen molar-refractivity contribution in [2.24, 2.45) is 5.92 Å². The molecule has 0 radical (unpaired) electrons. The Morgan fingerprint density at radius 1 is 1.15 bits per heavy atom. The molecule has 0 spiro atoms. The molecule has 2 unspecified atom stereocenters. The molecule has 0 saturated carbocycles. The molecule has 3 rings (SSSR count). The predicted molar refractivity (Wildman–Crippen MR) is 78.6 cm³/mol. The molecule has 0 amide bonds. The minimum absolute atomic E-state index is 0.115. The summed E-state index contributed by atoms with van der Waals surface area (Å²) in [5.74, 6) is 0.0103. The number of Topliss-reactive ketones (excluding diaryl/α,β-unsaturated/α-hetero) is 1. The van der Waals surface area contributed by atoms with E-state index in [2.05, 4.69) is 0 Å². The minimum Gasteiger partial charge on any atom is -0.294 e. The van der Waals surface area contributed by atoms with Crippen LogP contribution in [0.25, 0.3) is 0 Å². The maximum Gasteiger partial charge on any atom is 0.166 e. The molecular weight excluding hydrogens is 272 g/mol. The first kappa shape index (κ1) is 13.8. The van der Waals surface area contributed by atoms with Gasteiger partial charge in [0.1, 0.15) is 0 Å². The second kappa shape index (κ2) is 4.99. The fourth-order valence-electron chi connectivity index (χ4n) is 3.66. The van der Waals surface area contributed by atoms with Crippen LogP contribution in [0.15, 0.2) is 24.3 Å². The van der Waals surface area contributed by atoms with E-state index < -0.39 is 9.84 Å². The molecule has 3 nitrogen and oxygen atoms in total. The summed E-state index contributed by atoms with van der Waals surface area (Å²) in [5, 5.41) is -0.567. The van der Waals surface area contributed by atoms with Crippen LogP contribution in [0.4, 0.5) is 0 Å². The molecule has 1 aromatic rings. The van der Waals surface area contributed by atoms with E-state index in [0.717, 1.165) is 30.4 Å². The lowest BCUT2D eigenvalue weighted by atomic mass is 9.84. The molecule has 2 aliphatic rings. The van der Waals surface area contributed by atoms with E-state index in [1.54, 1.807) is 0 Å². The van der Waals surface area contributed by atoms with Crippen LogP contribution >= 0.6 is 0 Å². The number of carbonyl (C=O) groups is 1. The van der Waals surface area contributed by atoms with Crippen LogP contribution < -0.4 is 0 Å². The van der Waals surface area contributed by atoms with E-state index in [0.29, 0.717) is 12.8 Å². The van der Waals surface area contributed by atoms with Crippen molar-refractivity contribution in [3.63, 3.8) is 0 Å². The van der Waals surface area contributed by atoms with Crippen molar-refractivity contribution in [2.75, 3.05) is 0 Å². The van der Waals surface area contributed by atoms with Crippen molar-refractivity contribution in [1.82, 2.24) is 0 Å². The van der Waals surface area contributed by atoms with Gasteiger partial charge in [-0.1, -0.05) is 30.2 Å². The topological polar surface area (TPSA) is 51.2 Å². The van der Waals surface area contributed by atoms with E-state index >= 15 is 0 Å². The van der Waals surface area contributed by atoms with Gasteiger partial charge in [-0.25, -0.2) is 8.42 Å². The number of ketones is 1. The highest BCUT2D eigenvalue weighted by Crippen LogP contribution is 2.40. The summed E-state index contributed by atoms with van der Waals surface area (Å²) < 4.78 is 24.5. The summed E-state index contributed by atoms with van der Waals surface area (Å²) in [7, 11) is -2.97. The van der Waals surface area contributed by atoms with Crippen LogP contribution in [0.5, 0.6) is 0 Å². The Labute approximate surface area is 120 Å². The molecular formula is C16H20O3S. The molecule has 4 heteroatoms. The van der Waals surface area contributed by atoms with Crippen LogP contribution in [0, 0.1) is 12.8 Å². The minimum atomic E-state index is -2.97. The van der Waals surface area contributed by atoms with Crippen molar-refractivity contribution in [3.8, 4) is 0 Å². The second-order valence-corrected chi connectivity index (χ2v) is 8.68. The molecule has 2 atom stereocenters. The third kappa shape index (κ3) is 2.30. The summed E-state index contributed by atoms with van der Waals surface area (Å²) in [6.45, 7) is 1.97. The smallest absolute Gasteiger partial charge is 0.166 e. The average Bonchev–Trinajstić information content (AvgIpc) is 2.36. The standard InChI is InChI=1S/C16H20O3S/c1-11-4-2-5-12(8-11)16(17)13-9-14-6-3-7-15(10-13)20(14,18)19/h2,4-5,8,13-15H,3,6-7,9-10H2,1H3. The van der Waals surface area contributed by atoms with Gasteiger partial charge in [0.25, 0.3) is 0 Å². The highest BCUT2D eigenvalue weighted by Gasteiger charge is 2.45. The zero-order chi connectivity index (χ0) is 14.3. The lowest BCUT2D eigenvalue weighted by molar-refractivity contribution is 0.0894. The van der Waals surface area contributed by atoms with E-state index in [9.17, 15) is 13.2 Å². The quantitative estimate of drug-likeness (QED) is 0.788. The van der Waals surface area contributed by atoms with Crippen molar-refractivity contribution < 1.29 is 13.2 Å². The van der Waals surface area contributed by atoms with Gasteiger partial charge in [0.05, 0.1) is 10.5 Å². The number of fused-ring (bicyclic) bond motifs is 2. The lowest BCUT2D eigenvalue weighted by Crippen LogP contribution is -2.45. The van der Waals surface area contributed by atoms with Crippen LogP contribution in [0.1, 0.15) is 48.0 Å². The van der Waals surface area contributed by atoms with Crippen LogP contribution in [0.3, 0.4) is 0 Å². The second-order valence-electron chi connectivity index (χ2n) is 6.17. The molecule has 0 N–H and O–H groups in total. The van der Waals surface area contributed by atoms with Crippen molar-refractivity contribution >= 4 is 15.6 Å². The summed E-state index contributed by atoms with van der Waals surface area (Å²) in [6, 6.07) is 7.61. The highest BCUT2D eigenvalue weighted by atomic mass is 32.2. The van der Waals surface area contributed by atoms with Gasteiger partial charge < -0.3 is 0 Å². The number of hydrogen-bond donors (Lipinski definition) is 0. The summed E-state index contributed by atoms with van der Waals surface area (Å²) in [5.41, 5.74) is 1.80. The average molecular weight is 292 g/mol. The first-order valence-corrected chi connectivity index (χ1v) is 8.93. The van der Waals surface area contributed by atoms with Gasteiger partial charge in [-0.2, -0.15) is 0 Å². The van der Waals surface area contributed by atoms with Crippen LogP contribution in [0.2, 0.25) is 0 Å². The number of hydrogen-bond acceptors (Lipinski definition) is 3. The van der Waals surface area contributed by atoms with E-state index in [1.807, 2.05) is 31.2 Å². The third-order valence-electron chi connectivity index (χ3n) is 4.75. The van der Waals surface area contributed by atoms with Crippen molar-refractivity contribution in [2.45, 2.75) is 49.5 Å². The Hall–Kier alpha value is -1.16. The molecule has 0 aliphatic carbocycles. The molecule has 2 fully saturated rings. The zero-order valence-corrected chi connectivity index (χ0v) is 12.5.